The summed E-state index contributed by atoms with van der Waals surface area (Å²) in [4.78, 5) is 35.5. The van der Waals surface area contributed by atoms with Gasteiger partial charge in [-0.2, -0.15) is 0 Å². The van der Waals surface area contributed by atoms with Gasteiger partial charge in [0, 0.05) is 0 Å². The number of rotatable bonds is 2. The fourth-order valence-electron chi connectivity index (χ4n) is 2.08. The predicted octanol–water partition coefficient (Wildman–Crippen LogP) is 1.74. The fourth-order valence-corrected chi connectivity index (χ4v) is 2.08. The number of hydrogen-bond acceptors (Lipinski definition) is 3. The molecule has 5 nitrogen and oxygen atoms in total. The third kappa shape index (κ3) is 2.30. The topological polar surface area (TPSA) is 75.3 Å². The fraction of sp³-hybridized carbons (Fsp3) is 0.615. The summed E-state index contributed by atoms with van der Waals surface area (Å²) < 4.78 is 0. The van der Waals surface area contributed by atoms with Crippen molar-refractivity contribution in [1.82, 2.24) is 10.6 Å². The summed E-state index contributed by atoms with van der Waals surface area (Å²) in [6.07, 6.45) is 2.13. The first-order valence-electron chi connectivity index (χ1n) is 5.91. The normalized spacial score (nSPS) is 19.1. The highest BCUT2D eigenvalue weighted by atomic mass is 16.2. The highest BCUT2D eigenvalue weighted by molar-refractivity contribution is 6.19. The summed E-state index contributed by atoms with van der Waals surface area (Å²) in [5.41, 5.74) is -0.817. The number of carbonyl (C=O) groups excluding carboxylic acids is 3. The molecule has 0 aromatic heterocycles. The molecule has 1 rings (SSSR count). The largest absolute Gasteiger partial charge is 0.328 e. The van der Waals surface area contributed by atoms with Gasteiger partial charge >= 0.3 is 6.03 Å². The standard InChI is InChI=1S/C13H20N2O3/c1-8(2)6-7-13(12(3,4)5)9(16)14-11(18)15-10(13)17/h6H,7H2,1-5H3,(H2,14,15,16,17,18). The zero-order valence-electron chi connectivity index (χ0n) is 11.5. The van der Waals surface area contributed by atoms with Gasteiger partial charge in [-0.3, -0.25) is 20.2 Å². The molecule has 18 heavy (non-hydrogen) atoms. The van der Waals surface area contributed by atoms with Crippen LogP contribution in [0.3, 0.4) is 0 Å². The van der Waals surface area contributed by atoms with Gasteiger partial charge in [0.2, 0.25) is 11.8 Å². The van der Waals surface area contributed by atoms with Crippen LogP contribution in [0, 0.1) is 10.8 Å². The predicted molar refractivity (Wildman–Crippen MR) is 67.6 cm³/mol. The maximum Gasteiger partial charge on any atom is 0.328 e. The molecular weight excluding hydrogens is 232 g/mol. The van der Waals surface area contributed by atoms with Gasteiger partial charge in [0.25, 0.3) is 0 Å². The lowest BCUT2D eigenvalue weighted by atomic mass is 9.62. The monoisotopic (exact) mass is 252 g/mol. The van der Waals surface area contributed by atoms with Crippen LogP contribution in [0.2, 0.25) is 0 Å². The summed E-state index contributed by atoms with van der Waals surface area (Å²) in [6, 6.07) is -0.748. The second kappa shape index (κ2) is 4.55. The van der Waals surface area contributed by atoms with E-state index in [-0.39, 0.29) is 6.42 Å². The van der Waals surface area contributed by atoms with Crippen molar-refractivity contribution in [3.63, 3.8) is 0 Å². The van der Waals surface area contributed by atoms with Crippen LogP contribution in [-0.4, -0.2) is 17.8 Å². The molecule has 1 heterocycles. The van der Waals surface area contributed by atoms with E-state index < -0.39 is 28.7 Å². The number of nitrogens with one attached hydrogen (secondary N) is 2. The van der Waals surface area contributed by atoms with E-state index in [2.05, 4.69) is 10.6 Å². The van der Waals surface area contributed by atoms with Crippen LogP contribution in [0.15, 0.2) is 11.6 Å². The highest BCUT2D eigenvalue weighted by Gasteiger charge is 2.56. The zero-order valence-corrected chi connectivity index (χ0v) is 11.5. The molecule has 1 aliphatic heterocycles. The number of amides is 4. The Morgan fingerprint density at radius 3 is 1.89 bits per heavy atom. The number of urea groups is 1. The maximum atomic E-state index is 12.2. The van der Waals surface area contributed by atoms with Gasteiger partial charge in [0.05, 0.1) is 0 Å². The van der Waals surface area contributed by atoms with Gasteiger partial charge in [-0.05, 0) is 25.7 Å². The molecule has 0 atom stereocenters. The molecule has 0 bridgehead atoms. The van der Waals surface area contributed by atoms with Crippen LogP contribution in [0.4, 0.5) is 4.79 Å². The van der Waals surface area contributed by atoms with Crippen molar-refractivity contribution < 1.29 is 14.4 Å². The second-order valence-corrected chi connectivity index (χ2v) is 5.88. The van der Waals surface area contributed by atoms with Crippen molar-refractivity contribution in [2.75, 3.05) is 0 Å². The Kier molecular flexibility index (Phi) is 3.64. The number of hydrogen-bond donors (Lipinski definition) is 2. The van der Waals surface area contributed by atoms with Gasteiger partial charge in [-0.1, -0.05) is 32.4 Å². The Labute approximate surface area is 107 Å². The molecule has 4 amide bonds. The van der Waals surface area contributed by atoms with Crippen LogP contribution in [0.5, 0.6) is 0 Å². The van der Waals surface area contributed by atoms with Gasteiger partial charge < -0.3 is 0 Å². The zero-order chi connectivity index (χ0) is 14.1. The summed E-state index contributed by atoms with van der Waals surface area (Å²) in [5, 5.41) is 4.38. The second-order valence-electron chi connectivity index (χ2n) is 5.88. The van der Waals surface area contributed by atoms with E-state index in [9.17, 15) is 14.4 Å². The summed E-state index contributed by atoms with van der Waals surface area (Å²) in [7, 11) is 0. The van der Waals surface area contributed by atoms with E-state index in [1.807, 2.05) is 40.7 Å². The van der Waals surface area contributed by atoms with E-state index in [4.69, 9.17) is 0 Å². The van der Waals surface area contributed by atoms with Crippen molar-refractivity contribution >= 4 is 17.8 Å². The molecule has 1 aliphatic rings. The molecule has 5 heteroatoms. The third-order valence-corrected chi connectivity index (χ3v) is 3.33. The molecule has 100 valence electrons. The van der Waals surface area contributed by atoms with Crippen molar-refractivity contribution in [3.05, 3.63) is 11.6 Å². The Balaban J connectivity index is 3.27. The van der Waals surface area contributed by atoms with E-state index in [0.717, 1.165) is 5.57 Å². The van der Waals surface area contributed by atoms with E-state index in [1.54, 1.807) is 0 Å². The third-order valence-electron chi connectivity index (χ3n) is 3.33. The minimum atomic E-state index is -1.25. The lowest BCUT2D eigenvalue weighted by Gasteiger charge is -2.43. The molecule has 0 unspecified atom stereocenters. The van der Waals surface area contributed by atoms with Crippen molar-refractivity contribution in [2.45, 2.75) is 41.0 Å². The van der Waals surface area contributed by atoms with Gasteiger partial charge in [-0.25, -0.2) is 4.79 Å². The Bertz CT molecular complexity index is 406. The van der Waals surface area contributed by atoms with Crippen molar-refractivity contribution in [3.8, 4) is 0 Å². The molecule has 0 aromatic rings. The summed E-state index contributed by atoms with van der Waals surface area (Å²) in [6.45, 7) is 9.27. The minimum absolute atomic E-state index is 0.282. The van der Waals surface area contributed by atoms with Crippen LogP contribution in [0.25, 0.3) is 0 Å². The molecule has 2 N–H and O–H groups in total. The maximum absolute atomic E-state index is 12.2. The van der Waals surface area contributed by atoms with Crippen molar-refractivity contribution in [1.29, 1.82) is 0 Å². The molecule has 0 aliphatic carbocycles. The average molecular weight is 252 g/mol. The Morgan fingerprint density at radius 1 is 1.11 bits per heavy atom. The number of allylic oxidation sites excluding steroid dienone is 2. The highest BCUT2D eigenvalue weighted by Crippen LogP contribution is 2.44. The summed E-state index contributed by atoms with van der Waals surface area (Å²) in [5.74, 6) is -1.05. The molecule has 0 saturated carbocycles. The SMILES string of the molecule is CC(C)=CCC1(C(C)(C)C)C(=O)NC(=O)NC1=O. The Hall–Kier alpha value is -1.65. The quantitative estimate of drug-likeness (QED) is 0.580. The first-order chi connectivity index (χ1) is 8.11. The average Bonchev–Trinajstić information content (AvgIpc) is 2.13. The number of imide groups is 2. The molecule has 1 saturated heterocycles. The van der Waals surface area contributed by atoms with E-state index >= 15 is 0 Å². The smallest absolute Gasteiger partial charge is 0.277 e. The van der Waals surface area contributed by atoms with E-state index in [0.29, 0.717) is 0 Å². The lowest BCUT2D eigenvalue weighted by molar-refractivity contribution is -0.152. The van der Waals surface area contributed by atoms with Gasteiger partial charge in [0.1, 0.15) is 5.41 Å². The van der Waals surface area contributed by atoms with Crippen LogP contribution in [0.1, 0.15) is 41.0 Å². The van der Waals surface area contributed by atoms with Gasteiger partial charge in [0.15, 0.2) is 0 Å². The first kappa shape index (κ1) is 14.4. The Morgan fingerprint density at radius 2 is 1.56 bits per heavy atom. The minimum Gasteiger partial charge on any atom is -0.277 e. The molecule has 0 radical (unpaired) electrons. The molecule has 0 spiro atoms. The molecular formula is C13H20N2O3. The summed E-state index contributed by atoms with van der Waals surface area (Å²) >= 11 is 0. The number of barbiturate groups is 1. The molecule has 0 aromatic carbocycles. The lowest BCUT2D eigenvalue weighted by Crippen LogP contribution is -2.66. The first-order valence-corrected chi connectivity index (χ1v) is 5.91. The number of carbonyl (C=O) groups is 3. The van der Waals surface area contributed by atoms with Crippen LogP contribution >= 0.6 is 0 Å². The van der Waals surface area contributed by atoms with Gasteiger partial charge in [-0.15, -0.1) is 0 Å². The van der Waals surface area contributed by atoms with Crippen LogP contribution in [-0.2, 0) is 9.59 Å². The van der Waals surface area contributed by atoms with Crippen LogP contribution < -0.4 is 10.6 Å². The van der Waals surface area contributed by atoms with E-state index in [1.165, 1.54) is 0 Å². The molecule has 1 fully saturated rings. The van der Waals surface area contributed by atoms with Crippen molar-refractivity contribution in [2.24, 2.45) is 10.8 Å².